The highest BCUT2D eigenvalue weighted by molar-refractivity contribution is 7.89. The molecule has 0 aliphatic carbocycles. The van der Waals surface area contributed by atoms with Crippen molar-refractivity contribution in [1.82, 2.24) is 9.62 Å². The molecule has 2 aromatic rings. The highest BCUT2D eigenvalue weighted by Crippen LogP contribution is 2.36. The van der Waals surface area contributed by atoms with Crippen LogP contribution in [0.1, 0.15) is 29.5 Å². The van der Waals surface area contributed by atoms with Gasteiger partial charge in [-0.1, -0.05) is 42.0 Å². The van der Waals surface area contributed by atoms with E-state index in [0.29, 0.717) is 6.42 Å². The maximum absolute atomic E-state index is 13.3. The minimum absolute atomic E-state index is 0.00283. The lowest BCUT2D eigenvalue weighted by Crippen LogP contribution is -2.46. The predicted molar refractivity (Wildman–Crippen MR) is 101 cm³/mol. The van der Waals surface area contributed by atoms with Gasteiger partial charge in [0, 0.05) is 13.1 Å². The molecular formula is C20H21F3N2O3S. The molecule has 0 saturated carbocycles. The van der Waals surface area contributed by atoms with Gasteiger partial charge in [0.25, 0.3) is 0 Å². The second-order valence-electron chi connectivity index (χ2n) is 6.97. The summed E-state index contributed by atoms with van der Waals surface area (Å²) in [5.74, 6) is -0.517. The van der Waals surface area contributed by atoms with E-state index in [1.165, 1.54) is 6.07 Å². The zero-order valence-corrected chi connectivity index (χ0v) is 16.6. The molecule has 1 fully saturated rings. The van der Waals surface area contributed by atoms with Crippen LogP contribution in [0.25, 0.3) is 0 Å². The Morgan fingerprint density at radius 1 is 1.14 bits per heavy atom. The number of carbonyl (C=O) groups is 1. The van der Waals surface area contributed by atoms with Crippen molar-refractivity contribution >= 4 is 15.9 Å². The van der Waals surface area contributed by atoms with Crippen molar-refractivity contribution in [2.75, 3.05) is 6.54 Å². The summed E-state index contributed by atoms with van der Waals surface area (Å²) in [5.41, 5.74) is 0.681. The van der Waals surface area contributed by atoms with Crippen LogP contribution in [-0.4, -0.2) is 31.2 Å². The number of rotatable bonds is 5. The van der Waals surface area contributed by atoms with Crippen molar-refractivity contribution in [3.05, 3.63) is 65.2 Å². The van der Waals surface area contributed by atoms with Crippen LogP contribution in [0.5, 0.6) is 0 Å². The summed E-state index contributed by atoms with van der Waals surface area (Å²) in [7, 11) is -4.48. The number of hydrogen-bond acceptors (Lipinski definition) is 3. The smallest absolute Gasteiger partial charge is 0.351 e. The molecule has 2 aromatic carbocycles. The first-order valence-corrected chi connectivity index (χ1v) is 10.6. The molecule has 1 unspecified atom stereocenters. The summed E-state index contributed by atoms with van der Waals surface area (Å²) >= 11 is 0. The molecule has 5 nitrogen and oxygen atoms in total. The van der Waals surface area contributed by atoms with Crippen molar-refractivity contribution < 1.29 is 26.4 Å². The normalized spacial score (nSPS) is 18.0. The quantitative estimate of drug-likeness (QED) is 0.796. The highest BCUT2D eigenvalue weighted by atomic mass is 32.2. The van der Waals surface area contributed by atoms with Crippen molar-refractivity contribution in [2.45, 2.75) is 43.4 Å². The first-order valence-electron chi connectivity index (χ1n) is 9.12. The van der Waals surface area contributed by atoms with E-state index in [0.717, 1.165) is 33.6 Å². The number of halogens is 3. The average Bonchev–Trinajstić information content (AvgIpc) is 3.17. The zero-order chi connectivity index (χ0) is 21.2. The van der Waals surface area contributed by atoms with Crippen molar-refractivity contribution in [3.8, 4) is 0 Å². The van der Waals surface area contributed by atoms with Crippen molar-refractivity contribution in [1.29, 1.82) is 0 Å². The van der Waals surface area contributed by atoms with E-state index in [2.05, 4.69) is 5.32 Å². The Hall–Kier alpha value is -2.39. The summed E-state index contributed by atoms with van der Waals surface area (Å²) in [6.07, 6.45) is -4.16. The fraction of sp³-hybridized carbons (Fsp3) is 0.350. The van der Waals surface area contributed by atoms with Gasteiger partial charge in [-0.2, -0.15) is 17.5 Å². The topological polar surface area (TPSA) is 66.5 Å². The highest BCUT2D eigenvalue weighted by Gasteiger charge is 2.43. The molecule has 1 N–H and O–H groups in total. The number of carbonyl (C=O) groups excluding carboxylic acids is 1. The molecule has 1 heterocycles. The number of benzene rings is 2. The molecule has 9 heteroatoms. The van der Waals surface area contributed by atoms with Crippen LogP contribution in [-0.2, 0) is 27.5 Å². The number of amides is 1. The lowest BCUT2D eigenvalue weighted by Gasteiger charge is -2.25. The summed E-state index contributed by atoms with van der Waals surface area (Å²) in [4.78, 5) is 11.8. The minimum atomic E-state index is -4.81. The van der Waals surface area contributed by atoms with Gasteiger partial charge in [0.15, 0.2) is 0 Å². The largest absolute Gasteiger partial charge is 0.417 e. The number of nitrogens with one attached hydrogen (secondary N) is 1. The average molecular weight is 426 g/mol. The lowest BCUT2D eigenvalue weighted by atomic mass is 10.1. The van der Waals surface area contributed by atoms with Crippen LogP contribution < -0.4 is 5.32 Å². The van der Waals surface area contributed by atoms with Gasteiger partial charge in [0.2, 0.25) is 15.9 Å². The molecule has 3 rings (SSSR count). The Morgan fingerprint density at radius 2 is 1.79 bits per heavy atom. The maximum atomic E-state index is 13.3. The number of aryl methyl sites for hydroxylation is 1. The fourth-order valence-corrected chi connectivity index (χ4v) is 5.23. The molecule has 0 bridgehead atoms. The summed E-state index contributed by atoms with van der Waals surface area (Å²) < 4.78 is 66.7. The van der Waals surface area contributed by atoms with E-state index >= 15 is 0 Å². The zero-order valence-electron chi connectivity index (χ0n) is 15.7. The fourth-order valence-electron chi connectivity index (χ4n) is 3.35. The van der Waals surface area contributed by atoms with E-state index in [1.807, 2.05) is 31.2 Å². The number of hydrogen-bond donors (Lipinski definition) is 1. The molecule has 1 saturated heterocycles. The third-order valence-corrected chi connectivity index (χ3v) is 6.84. The van der Waals surface area contributed by atoms with Crippen LogP contribution in [0.4, 0.5) is 13.2 Å². The molecule has 1 amide bonds. The van der Waals surface area contributed by atoms with Crippen LogP contribution in [0.15, 0.2) is 53.4 Å². The Morgan fingerprint density at radius 3 is 2.45 bits per heavy atom. The van der Waals surface area contributed by atoms with E-state index < -0.39 is 38.6 Å². The summed E-state index contributed by atoms with van der Waals surface area (Å²) in [5, 5.41) is 2.69. The van der Waals surface area contributed by atoms with Gasteiger partial charge in [-0.15, -0.1) is 0 Å². The Bertz CT molecular complexity index is 989. The second kappa shape index (κ2) is 8.16. The molecule has 0 aromatic heterocycles. The Balaban J connectivity index is 1.81. The standard InChI is InChI=1S/C20H21F3N2O3S/c1-14-8-10-15(11-9-14)13-24-19(26)17-6-4-12-25(17)29(27,28)18-7-3-2-5-16(18)20(21,22)23/h2-3,5,7-11,17H,4,6,12-13H2,1H3,(H,24,26). The van der Waals surface area contributed by atoms with Gasteiger partial charge in [0.05, 0.1) is 10.5 Å². The summed E-state index contributed by atoms with van der Waals surface area (Å²) in [6.45, 7) is 2.14. The molecule has 1 aliphatic heterocycles. The summed E-state index contributed by atoms with van der Waals surface area (Å²) in [6, 6.07) is 10.5. The molecule has 0 spiro atoms. The number of alkyl halides is 3. The predicted octanol–water partition coefficient (Wildman–Crippen LogP) is 3.48. The SMILES string of the molecule is Cc1ccc(CNC(=O)C2CCCN2S(=O)(=O)c2ccccc2C(F)(F)F)cc1. The van der Waals surface area contributed by atoms with E-state index in [4.69, 9.17) is 0 Å². The van der Waals surface area contributed by atoms with Crippen LogP contribution in [0.2, 0.25) is 0 Å². The molecule has 0 radical (unpaired) electrons. The Kier molecular flexibility index (Phi) is 6.00. The molecule has 29 heavy (non-hydrogen) atoms. The van der Waals surface area contributed by atoms with Gasteiger partial charge >= 0.3 is 6.18 Å². The minimum Gasteiger partial charge on any atom is -0.351 e. The first-order chi connectivity index (χ1) is 13.6. The van der Waals surface area contributed by atoms with Crippen molar-refractivity contribution in [3.63, 3.8) is 0 Å². The second-order valence-corrected chi connectivity index (χ2v) is 8.83. The van der Waals surface area contributed by atoms with Gasteiger partial charge < -0.3 is 5.32 Å². The van der Waals surface area contributed by atoms with E-state index in [-0.39, 0.29) is 19.5 Å². The molecule has 1 atom stereocenters. The van der Waals surface area contributed by atoms with Gasteiger partial charge in [0.1, 0.15) is 6.04 Å². The van der Waals surface area contributed by atoms with Gasteiger partial charge in [-0.25, -0.2) is 8.42 Å². The van der Waals surface area contributed by atoms with Gasteiger partial charge in [-0.05, 0) is 37.5 Å². The molecule has 156 valence electrons. The first kappa shape index (κ1) is 21.3. The number of nitrogens with zero attached hydrogens (tertiary/aromatic N) is 1. The monoisotopic (exact) mass is 426 g/mol. The molecule has 1 aliphatic rings. The van der Waals surface area contributed by atoms with Gasteiger partial charge in [-0.3, -0.25) is 4.79 Å². The lowest BCUT2D eigenvalue weighted by molar-refractivity contribution is -0.139. The number of sulfonamides is 1. The third kappa shape index (κ3) is 4.62. The van der Waals surface area contributed by atoms with E-state index in [9.17, 15) is 26.4 Å². The van der Waals surface area contributed by atoms with Crippen LogP contribution in [0, 0.1) is 6.92 Å². The van der Waals surface area contributed by atoms with Crippen molar-refractivity contribution in [2.24, 2.45) is 0 Å². The Labute approximate surface area is 167 Å². The third-order valence-electron chi connectivity index (χ3n) is 4.87. The molecular weight excluding hydrogens is 405 g/mol. The van der Waals surface area contributed by atoms with Crippen LogP contribution in [0.3, 0.4) is 0 Å². The van der Waals surface area contributed by atoms with Crippen LogP contribution >= 0.6 is 0 Å². The van der Waals surface area contributed by atoms with E-state index in [1.54, 1.807) is 0 Å². The maximum Gasteiger partial charge on any atom is 0.417 e.